The average Bonchev–Trinajstić information content (AvgIpc) is 2.97. The summed E-state index contributed by atoms with van der Waals surface area (Å²) in [6, 6.07) is 0. The Morgan fingerprint density at radius 1 is 1.19 bits per heavy atom. The molecule has 0 aromatic rings. The number of hydrogen-bond acceptors (Lipinski definition) is 11. The van der Waals surface area contributed by atoms with E-state index in [1.54, 1.807) is 19.1 Å². The molecule has 0 aromatic carbocycles. The maximum atomic E-state index is 12.1. The van der Waals surface area contributed by atoms with Crippen LogP contribution >= 0.6 is 0 Å². The van der Waals surface area contributed by atoms with Gasteiger partial charge in [0.25, 0.3) is 0 Å². The second kappa shape index (κ2) is 9.46. The molecule has 0 spiro atoms. The third kappa shape index (κ3) is 4.58. The molecule has 1 fully saturated rings. The molecule has 154 valence electrons. The molecule has 6 N–H and O–H groups in total. The summed E-state index contributed by atoms with van der Waals surface area (Å²) >= 11 is 0. The van der Waals surface area contributed by atoms with Crippen molar-refractivity contribution >= 4 is 5.97 Å². The second-order valence-corrected chi connectivity index (χ2v) is 5.96. The van der Waals surface area contributed by atoms with Gasteiger partial charge in [-0.25, -0.2) is 4.79 Å². The molecular formula is C16H24O11. The van der Waals surface area contributed by atoms with Gasteiger partial charge in [-0.15, -0.1) is 0 Å². The van der Waals surface area contributed by atoms with Gasteiger partial charge >= 0.3 is 5.97 Å². The van der Waals surface area contributed by atoms with E-state index < -0.39 is 67.9 Å². The van der Waals surface area contributed by atoms with Crippen molar-refractivity contribution in [2.45, 2.75) is 49.8 Å². The molecule has 0 bridgehead atoms. The lowest BCUT2D eigenvalue weighted by atomic mass is 9.99. The average molecular weight is 392 g/mol. The van der Waals surface area contributed by atoms with Crippen LogP contribution in [-0.2, 0) is 23.7 Å². The zero-order valence-corrected chi connectivity index (χ0v) is 14.5. The molecular weight excluding hydrogens is 368 g/mol. The van der Waals surface area contributed by atoms with Crippen molar-refractivity contribution in [1.29, 1.82) is 0 Å². The maximum absolute atomic E-state index is 12.1. The van der Waals surface area contributed by atoms with Gasteiger partial charge in [-0.05, 0) is 6.92 Å². The Kier molecular flexibility index (Phi) is 7.56. The molecule has 2 rings (SSSR count). The Labute approximate surface area is 154 Å². The van der Waals surface area contributed by atoms with Crippen LogP contribution in [0.1, 0.15) is 6.92 Å². The van der Waals surface area contributed by atoms with Gasteiger partial charge in [0, 0.05) is 0 Å². The van der Waals surface area contributed by atoms with Crippen LogP contribution in [0.15, 0.2) is 23.7 Å². The summed E-state index contributed by atoms with van der Waals surface area (Å²) in [5, 5.41) is 57.8. The highest BCUT2D eigenvalue weighted by atomic mass is 16.7. The summed E-state index contributed by atoms with van der Waals surface area (Å²) in [6.07, 6.45) is -7.46. The molecule has 2 aliphatic rings. The van der Waals surface area contributed by atoms with Crippen molar-refractivity contribution < 1.29 is 54.4 Å². The van der Waals surface area contributed by atoms with E-state index in [-0.39, 0.29) is 12.4 Å². The number of aliphatic hydroxyl groups is 6. The van der Waals surface area contributed by atoms with Crippen LogP contribution < -0.4 is 0 Å². The summed E-state index contributed by atoms with van der Waals surface area (Å²) in [5.41, 5.74) is 0. The summed E-state index contributed by atoms with van der Waals surface area (Å²) in [6.45, 7) is 0.338. The molecule has 1 unspecified atom stereocenters. The van der Waals surface area contributed by atoms with Gasteiger partial charge in [0.2, 0.25) is 12.0 Å². The monoisotopic (exact) mass is 392 g/mol. The minimum atomic E-state index is -1.75. The summed E-state index contributed by atoms with van der Waals surface area (Å²) in [4.78, 5) is 12.1. The first kappa shape index (κ1) is 21.6. The van der Waals surface area contributed by atoms with Gasteiger partial charge in [-0.1, -0.05) is 12.2 Å². The van der Waals surface area contributed by atoms with Crippen LogP contribution in [0.3, 0.4) is 0 Å². The number of rotatable bonds is 8. The van der Waals surface area contributed by atoms with E-state index in [0.717, 1.165) is 0 Å². The fourth-order valence-corrected chi connectivity index (χ4v) is 2.57. The Morgan fingerprint density at radius 3 is 2.48 bits per heavy atom. The molecule has 2 aliphatic heterocycles. The maximum Gasteiger partial charge on any atom is 0.378 e. The lowest BCUT2D eigenvalue weighted by Gasteiger charge is -2.39. The summed E-state index contributed by atoms with van der Waals surface area (Å²) < 4.78 is 20.8. The third-order valence-electron chi connectivity index (χ3n) is 4.09. The molecule has 11 nitrogen and oxygen atoms in total. The zero-order chi connectivity index (χ0) is 20.1. The smallest absolute Gasteiger partial charge is 0.378 e. The van der Waals surface area contributed by atoms with E-state index in [9.17, 15) is 30.3 Å². The quantitative estimate of drug-likeness (QED) is 0.182. The first-order valence-electron chi connectivity index (χ1n) is 8.30. The Bertz CT molecular complexity index is 573. The number of carbonyl (C=O) groups excluding carboxylic acids is 1. The van der Waals surface area contributed by atoms with Crippen molar-refractivity contribution in [3.05, 3.63) is 23.7 Å². The van der Waals surface area contributed by atoms with E-state index in [1.165, 1.54) is 0 Å². The normalized spacial score (nSPS) is 35.4. The number of esters is 1. The van der Waals surface area contributed by atoms with Gasteiger partial charge in [-0.3, -0.25) is 0 Å². The second-order valence-electron chi connectivity index (χ2n) is 5.96. The van der Waals surface area contributed by atoms with Gasteiger partial charge in [0.15, 0.2) is 11.9 Å². The van der Waals surface area contributed by atoms with Crippen LogP contribution in [0.5, 0.6) is 0 Å². The number of allylic oxidation sites excluding steroid dienone is 1. The Balaban J connectivity index is 2.27. The number of carbonyl (C=O) groups is 1. The van der Waals surface area contributed by atoms with Crippen molar-refractivity contribution in [2.24, 2.45) is 0 Å². The molecule has 27 heavy (non-hydrogen) atoms. The SMILES string of the molecule is CC=CCOC1=C(OC2O[C@H](CO)[C@@H](O)[C@H](O)[C@H]2O)C(=O)O[C@@H]1[C@@H](O)CO. The van der Waals surface area contributed by atoms with Crippen LogP contribution in [0, 0.1) is 0 Å². The molecule has 0 radical (unpaired) electrons. The highest BCUT2D eigenvalue weighted by Gasteiger charge is 2.48. The van der Waals surface area contributed by atoms with Gasteiger partial charge in [-0.2, -0.15) is 0 Å². The zero-order valence-electron chi connectivity index (χ0n) is 14.5. The van der Waals surface area contributed by atoms with E-state index >= 15 is 0 Å². The van der Waals surface area contributed by atoms with Crippen LogP contribution in [0.25, 0.3) is 0 Å². The first-order chi connectivity index (χ1) is 12.8. The predicted octanol–water partition coefficient (Wildman–Crippen LogP) is -3.11. The fraction of sp³-hybridized carbons (Fsp3) is 0.688. The van der Waals surface area contributed by atoms with Crippen molar-refractivity contribution in [3.8, 4) is 0 Å². The van der Waals surface area contributed by atoms with Gasteiger partial charge in [0.1, 0.15) is 37.1 Å². The largest absolute Gasteiger partial charge is 0.486 e. The predicted molar refractivity (Wildman–Crippen MR) is 85.6 cm³/mol. The minimum absolute atomic E-state index is 0.00133. The molecule has 0 amide bonds. The Morgan fingerprint density at radius 2 is 1.89 bits per heavy atom. The van der Waals surface area contributed by atoms with Gasteiger partial charge in [0.05, 0.1) is 13.2 Å². The molecule has 0 aliphatic carbocycles. The van der Waals surface area contributed by atoms with Crippen LogP contribution in [-0.4, -0.2) is 99.3 Å². The minimum Gasteiger partial charge on any atom is -0.486 e. The molecule has 11 heteroatoms. The van der Waals surface area contributed by atoms with E-state index in [0.29, 0.717) is 0 Å². The van der Waals surface area contributed by atoms with Crippen molar-refractivity contribution in [3.63, 3.8) is 0 Å². The highest BCUT2D eigenvalue weighted by molar-refractivity contribution is 5.89. The fourth-order valence-electron chi connectivity index (χ4n) is 2.57. The highest BCUT2D eigenvalue weighted by Crippen LogP contribution is 2.31. The standard InChI is InChI=1S/C16H24O11/c1-2-3-4-24-13-12(7(19)5-17)26-15(23)14(13)27-16-11(22)10(21)9(20)8(6-18)25-16/h2-3,7-12,16-22H,4-6H2,1H3/t7-,8+,9+,10-,11+,12+,16?/m0/s1. The third-order valence-corrected chi connectivity index (χ3v) is 4.09. The van der Waals surface area contributed by atoms with Crippen molar-refractivity contribution in [1.82, 2.24) is 0 Å². The van der Waals surface area contributed by atoms with Crippen molar-refractivity contribution in [2.75, 3.05) is 19.8 Å². The summed E-state index contributed by atoms with van der Waals surface area (Å²) in [7, 11) is 0. The lowest BCUT2D eigenvalue weighted by Crippen LogP contribution is -2.59. The van der Waals surface area contributed by atoms with E-state index in [4.69, 9.17) is 24.1 Å². The topological polar surface area (TPSA) is 175 Å². The van der Waals surface area contributed by atoms with Crippen LogP contribution in [0.4, 0.5) is 0 Å². The molecule has 0 aromatic heterocycles. The summed E-state index contributed by atoms with van der Waals surface area (Å²) in [5.74, 6) is -1.79. The number of cyclic esters (lactones) is 1. The number of hydrogen-bond donors (Lipinski definition) is 6. The number of ether oxygens (including phenoxy) is 4. The molecule has 1 saturated heterocycles. The van der Waals surface area contributed by atoms with Crippen LogP contribution in [0.2, 0.25) is 0 Å². The lowest BCUT2D eigenvalue weighted by molar-refractivity contribution is -0.291. The van der Waals surface area contributed by atoms with Gasteiger partial charge < -0.3 is 49.6 Å². The molecule has 7 atom stereocenters. The first-order valence-corrected chi connectivity index (χ1v) is 8.30. The van der Waals surface area contributed by atoms with E-state index in [1.807, 2.05) is 0 Å². The molecule has 2 heterocycles. The Hall–Kier alpha value is -1.73. The number of aliphatic hydroxyl groups excluding tert-OH is 6. The molecule has 0 saturated carbocycles. The van der Waals surface area contributed by atoms with E-state index in [2.05, 4.69) is 0 Å².